The quantitative estimate of drug-likeness (QED) is 0.779. The molecular formula is C10H13N3O4S2. The largest absolute Gasteiger partial charge is 0.452 e. The minimum absolute atomic E-state index is 0.0516. The molecule has 0 saturated carbocycles. The maximum absolute atomic E-state index is 11.9. The summed E-state index contributed by atoms with van der Waals surface area (Å²) in [7, 11) is -1.76. The van der Waals surface area contributed by atoms with Gasteiger partial charge in [-0.3, -0.25) is 4.31 Å². The van der Waals surface area contributed by atoms with E-state index < -0.39 is 16.3 Å². The fourth-order valence-corrected chi connectivity index (χ4v) is 2.32. The van der Waals surface area contributed by atoms with Gasteiger partial charge in [0.05, 0.1) is 12.8 Å². The summed E-state index contributed by atoms with van der Waals surface area (Å²) in [5.74, 6) is 0. The van der Waals surface area contributed by atoms with Crippen LogP contribution in [0.4, 0.5) is 10.5 Å². The molecule has 0 heterocycles. The molecule has 0 aliphatic carbocycles. The van der Waals surface area contributed by atoms with Crippen LogP contribution in [0.3, 0.4) is 0 Å². The summed E-state index contributed by atoms with van der Waals surface area (Å²) in [6, 6.07) is 6.40. The Hall–Kier alpha value is -1.87. The Labute approximate surface area is 116 Å². The van der Waals surface area contributed by atoms with E-state index in [9.17, 15) is 13.2 Å². The maximum Gasteiger partial charge on any atom is 0.422 e. The van der Waals surface area contributed by atoms with Gasteiger partial charge >= 0.3 is 16.3 Å². The van der Waals surface area contributed by atoms with Gasteiger partial charge in [-0.25, -0.2) is 9.52 Å². The molecule has 0 aliphatic heterocycles. The molecule has 9 heteroatoms. The number of hydrogen-bond acceptors (Lipinski definition) is 5. The maximum atomic E-state index is 11.9. The van der Waals surface area contributed by atoms with Crippen molar-refractivity contribution in [2.75, 3.05) is 18.5 Å². The molecule has 104 valence electrons. The van der Waals surface area contributed by atoms with E-state index in [1.807, 2.05) is 0 Å². The first kappa shape index (κ1) is 15.2. The molecule has 0 bridgehead atoms. The number of nitrogens with one attached hydrogen (secondary N) is 1. The topological polar surface area (TPSA) is 102 Å². The van der Waals surface area contributed by atoms with Crippen molar-refractivity contribution in [3.8, 4) is 0 Å². The third-order valence-electron chi connectivity index (χ3n) is 2.27. The number of para-hydroxylation sites is 1. The predicted molar refractivity (Wildman–Crippen MR) is 75.2 cm³/mol. The molecule has 0 radical (unpaired) electrons. The number of amides is 1. The van der Waals surface area contributed by atoms with E-state index in [4.69, 9.17) is 18.0 Å². The van der Waals surface area contributed by atoms with Crippen molar-refractivity contribution in [1.82, 2.24) is 4.72 Å². The summed E-state index contributed by atoms with van der Waals surface area (Å²) < 4.78 is 30.6. The van der Waals surface area contributed by atoms with E-state index in [0.29, 0.717) is 5.56 Å². The van der Waals surface area contributed by atoms with Crippen LogP contribution in [0, 0.1) is 0 Å². The number of thiocarbonyl (C=S) groups is 1. The summed E-state index contributed by atoms with van der Waals surface area (Å²) in [4.78, 5) is 11.0. The fourth-order valence-electron chi connectivity index (χ4n) is 1.30. The number of carbonyl (C=O) groups excluding carboxylic acids is 1. The standard InChI is InChI=1S/C10H13N3O4S2/c1-13(19(15,16)12-10(14)17-2)8-6-4-3-5-7(8)9(11)18/h3-6H,1-2H3,(H2,11,18)(H,12,14). The predicted octanol–water partition coefficient (Wildman–Crippen LogP) is 0.358. The monoisotopic (exact) mass is 303 g/mol. The van der Waals surface area contributed by atoms with E-state index in [0.717, 1.165) is 11.4 Å². The molecule has 1 aromatic carbocycles. The van der Waals surface area contributed by atoms with Crippen molar-refractivity contribution in [3.63, 3.8) is 0 Å². The molecule has 0 unspecified atom stereocenters. The number of rotatable bonds is 4. The van der Waals surface area contributed by atoms with Crippen LogP contribution < -0.4 is 14.8 Å². The Morgan fingerprint density at radius 2 is 2.00 bits per heavy atom. The molecule has 0 fully saturated rings. The minimum Gasteiger partial charge on any atom is -0.452 e. The number of anilines is 1. The number of benzene rings is 1. The second-order valence-electron chi connectivity index (χ2n) is 3.45. The molecule has 0 saturated heterocycles. The van der Waals surface area contributed by atoms with Gasteiger partial charge in [0.2, 0.25) is 0 Å². The van der Waals surface area contributed by atoms with Gasteiger partial charge in [-0.05, 0) is 12.1 Å². The van der Waals surface area contributed by atoms with Crippen molar-refractivity contribution < 1.29 is 17.9 Å². The molecular weight excluding hydrogens is 290 g/mol. The molecule has 19 heavy (non-hydrogen) atoms. The molecule has 1 amide bonds. The Balaban J connectivity index is 3.17. The lowest BCUT2D eigenvalue weighted by Crippen LogP contribution is -2.42. The summed E-state index contributed by atoms with van der Waals surface area (Å²) in [5.41, 5.74) is 6.16. The van der Waals surface area contributed by atoms with Crippen LogP contribution in [-0.2, 0) is 14.9 Å². The second-order valence-corrected chi connectivity index (χ2v) is 5.59. The zero-order valence-corrected chi connectivity index (χ0v) is 11.9. The van der Waals surface area contributed by atoms with Crippen molar-refractivity contribution in [2.24, 2.45) is 5.73 Å². The van der Waals surface area contributed by atoms with Crippen LogP contribution >= 0.6 is 12.2 Å². The lowest BCUT2D eigenvalue weighted by Gasteiger charge is -2.21. The van der Waals surface area contributed by atoms with Crippen LogP contribution in [0.25, 0.3) is 0 Å². The Kier molecular flexibility index (Phi) is 4.67. The van der Waals surface area contributed by atoms with Crippen LogP contribution in [0.15, 0.2) is 24.3 Å². The van der Waals surface area contributed by atoms with Crippen LogP contribution in [0.5, 0.6) is 0 Å². The lowest BCUT2D eigenvalue weighted by atomic mass is 10.2. The molecule has 0 aromatic heterocycles. The van der Waals surface area contributed by atoms with Gasteiger partial charge < -0.3 is 10.5 Å². The van der Waals surface area contributed by atoms with Gasteiger partial charge in [-0.15, -0.1) is 0 Å². The summed E-state index contributed by atoms with van der Waals surface area (Å²) >= 11 is 4.85. The molecule has 1 aromatic rings. The van der Waals surface area contributed by atoms with E-state index in [1.165, 1.54) is 13.1 Å². The third-order valence-corrected chi connectivity index (χ3v) is 3.83. The first-order valence-corrected chi connectivity index (χ1v) is 6.88. The SMILES string of the molecule is COC(=O)NS(=O)(=O)N(C)c1ccccc1C(N)=S. The van der Waals surface area contributed by atoms with Gasteiger partial charge in [-0.2, -0.15) is 8.42 Å². The zero-order chi connectivity index (χ0) is 14.6. The summed E-state index contributed by atoms with van der Waals surface area (Å²) in [6.07, 6.45) is -1.08. The van der Waals surface area contributed by atoms with Crippen molar-refractivity contribution in [1.29, 1.82) is 0 Å². The average Bonchev–Trinajstić information content (AvgIpc) is 2.37. The highest BCUT2D eigenvalue weighted by atomic mass is 32.2. The van der Waals surface area contributed by atoms with E-state index in [2.05, 4.69) is 4.74 Å². The van der Waals surface area contributed by atoms with Gasteiger partial charge in [0.1, 0.15) is 4.99 Å². The number of nitrogens with two attached hydrogens (primary N) is 1. The van der Waals surface area contributed by atoms with E-state index in [-0.39, 0.29) is 10.7 Å². The lowest BCUT2D eigenvalue weighted by molar-refractivity contribution is 0.177. The minimum atomic E-state index is -4.09. The number of ether oxygens (including phenoxy) is 1. The fraction of sp³-hybridized carbons (Fsp3) is 0.200. The highest BCUT2D eigenvalue weighted by Crippen LogP contribution is 2.21. The number of hydrogen-bond donors (Lipinski definition) is 2. The Morgan fingerprint density at radius 1 is 1.42 bits per heavy atom. The first-order valence-electron chi connectivity index (χ1n) is 5.03. The average molecular weight is 303 g/mol. The van der Waals surface area contributed by atoms with Crippen molar-refractivity contribution >= 4 is 39.2 Å². The Bertz CT molecular complexity index is 601. The third kappa shape index (κ3) is 3.55. The van der Waals surface area contributed by atoms with Crippen LogP contribution in [0.1, 0.15) is 5.56 Å². The number of nitrogens with zero attached hydrogens (tertiary/aromatic N) is 1. The van der Waals surface area contributed by atoms with Crippen LogP contribution in [0.2, 0.25) is 0 Å². The van der Waals surface area contributed by atoms with Gasteiger partial charge in [0, 0.05) is 12.6 Å². The second kappa shape index (κ2) is 5.85. The first-order chi connectivity index (χ1) is 8.79. The highest BCUT2D eigenvalue weighted by molar-refractivity contribution is 7.91. The van der Waals surface area contributed by atoms with Gasteiger partial charge in [0.25, 0.3) is 0 Å². The summed E-state index contributed by atoms with van der Waals surface area (Å²) in [5, 5.41) is 0. The van der Waals surface area contributed by atoms with Crippen LogP contribution in [-0.4, -0.2) is 33.7 Å². The van der Waals surface area contributed by atoms with Crippen molar-refractivity contribution in [2.45, 2.75) is 0 Å². The molecule has 0 atom stereocenters. The Morgan fingerprint density at radius 3 is 2.53 bits per heavy atom. The molecule has 0 aliphatic rings. The molecule has 7 nitrogen and oxygen atoms in total. The van der Waals surface area contributed by atoms with E-state index in [1.54, 1.807) is 22.9 Å². The zero-order valence-electron chi connectivity index (χ0n) is 10.3. The summed E-state index contributed by atoms with van der Waals surface area (Å²) in [6.45, 7) is 0. The highest BCUT2D eigenvalue weighted by Gasteiger charge is 2.23. The molecule has 0 spiro atoms. The van der Waals surface area contributed by atoms with Gasteiger partial charge in [0.15, 0.2) is 0 Å². The smallest absolute Gasteiger partial charge is 0.422 e. The normalized spacial score (nSPS) is 10.6. The number of carbonyl (C=O) groups is 1. The van der Waals surface area contributed by atoms with Gasteiger partial charge in [-0.1, -0.05) is 24.4 Å². The molecule has 1 rings (SSSR count). The number of methoxy groups -OCH3 is 1. The van der Waals surface area contributed by atoms with Crippen molar-refractivity contribution in [3.05, 3.63) is 29.8 Å². The molecule has 3 N–H and O–H groups in total. The van der Waals surface area contributed by atoms with E-state index >= 15 is 0 Å².